The number of nitrogens with one attached hydrogen (secondary N) is 3. The van der Waals surface area contributed by atoms with Gasteiger partial charge in [-0.05, 0) is 43.4 Å². The van der Waals surface area contributed by atoms with Gasteiger partial charge >= 0.3 is 6.03 Å². The first-order chi connectivity index (χ1) is 14.5. The number of hydrogen-bond donors (Lipinski definition) is 3. The summed E-state index contributed by atoms with van der Waals surface area (Å²) in [6, 6.07) is 7.12. The second-order valence-electron chi connectivity index (χ2n) is 7.97. The van der Waals surface area contributed by atoms with Crippen LogP contribution >= 0.6 is 11.8 Å². The minimum atomic E-state index is -0.733. The molecule has 2 heterocycles. The third-order valence-electron chi connectivity index (χ3n) is 5.95. The molecule has 0 radical (unpaired) electrons. The predicted octanol–water partition coefficient (Wildman–Crippen LogP) is 2.73. The van der Waals surface area contributed by atoms with Gasteiger partial charge in [-0.15, -0.1) is 0 Å². The van der Waals surface area contributed by atoms with E-state index in [1.165, 1.54) is 4.90 Å². The van der Waals surface area contributed by atoms with E-state index in [0.717, 1.165) is 41.9 Å². The third-order valence-corrected chi connectivity index (χ3v) is 6.59. The number of amides is 4. The standard InChI is InChI=1S/C21H27N5O3S/c1-30-13-9-16(18-23-14-6-2-3-7-15(14)24-18)22-17(27)8-12-26-19(28)21(25-20(26)29)10-4-5-11-21/h2-3,6-7,16H,4-5,8-13H2,1H3,(H,22,27)(H,23,24)(H,25,29). The summed E-state index contributed by atoms with van der Waals surface area (Å²) in [7, 11) is 0. The summed E-state index contributed by atoms with van der Waals surface area (Å²) in [5.74, 6) is 1.21. The van der Waals surface area contributed by atoms with Crippen LogP contribution in [0.25, 0.3) is 11.0 Å². The maximum absolute atomic E-state index is 12.7. The Hall–Kier alpha value is -2.55. The Balaban J connectivity index is 1.39. The molecule has 1 saturated heterocycles. The summed E-state index contributed by atoms with van der Waals surface area (Å²) in [6.45, 7) is 0.0909. The van der Waals surface area contributed by atoms with Crippen molar-refractivity contribution in [2.45, 2.75) is 50.1 Å². The van der Waals surface area contributed by atoms with E-state index in [1.54, 1.807) is 11.8 Å². The normalized spacial score (nSPS) is 18.9. The van der Waals surface area contributed by atoms with Crippen molar-refractivity contribution >= 4 is 40.6 Å². The van der Waals surface area contributed by atoms with Gasteiger partial charge in [-0.3, -0.25) is 14.5 Å². The Kier molecular flexibility index (Phi) is 5.99. The van der Waals surface area contributed by atoms with Gasteiger partial charge in [0.05, 0.1) is 17.1 Å². The minimum Gasteiger partial charge on any atom is -0.346 e. The number of rotatable bonds is 8. The van der Waals surface area contributed by atoms with Gasteiger partial charge in [0.25, 0.3) is 5.91 Å². The number of nitrogens with zero attached hydrogens (tertiary/aromatic N) is 2. The lowest BCUT2D eigenvalue weighted by Gasteiger charge is -2.20. The van der Waals surface area contributed by atoms with Gasteiger partial charge in [-0.1, -0.05) is 25.0 Å². The van der Waals surface area contributed by atoms with E-state index in [1.807, 2.05) is 30.5 Å². The molecule has 2 aromatic rings. The lowest BCUT2D eigenvalue weighted by atomic mass is 9.98. The molecule has 1 spiro atoms. The molecule has 1 saturated carbocycles. The van der Waals surface area contributed by atoms with Crippen LogP contribution in [-0.2, 0) is 9.59 Å². The number of fused-ring (bicyclic) bond motifs is 1. The summed E-state index contributed by atoms with van der Waals surface area (Å²) < 4.78 is 0. The molecule has 1 aromatic heterocycles. The van der Waals surface area contributed by atoms with Crippen LogP contribution < -0.4 is 10.6 Å². The van der Waals surface area contributed by atoms with Crippen molar-refractivity contribution < 1.29 is 14.4 Å². The maximum atomic E-state index is 12.7. The molecule has 0 bridgehead atoms. The van der Waals surface area contributed by atoms with Crippen molar-refractivity contribution in [2.75, 3.05) is 18.6 Å². The minimum absolute atomic E-state index is 0.0746. The zero-order valence-electron chi connectivity index (χ0n) is 17.1. The third kappa shape index (κ3) is 4.03. The number of carbonyl (C=O) groups is 3. The fraction of sp³-hybridized carbons (Fsp3) is 0.524. The van der Waals surface area contributed by atoms with Crippen LogP contribution in [-0.4, -0.2) is 56.8 Å². The Morgan fingerprint density at radius 3 is 2.80 bits per heavy atom. The number of aromatic amines is 1. The molecule has 1 unspecified atom stereocenters. The highest BCUT2D eigenvalue weighted by atomic mass is 32.2. The molecule has 1 atom stereocenters. The van der Waals surface area contributed by atoms with Crippen LogP contribution in [0.15, 0.2) is 24.3 Å². The molecule has 30 heavy (non-hydrogen) atoms. The number of H-pyrrole nitrogens is 1. The number of imide groups is 1. The van der Waals surface area contributed by atoms with Crippen molar-refractivity contribution in [1.29, 1.82) is 0 Å². The number of imidazole rings is 1. The van der Waals surface area contributed by atoms with E-state index in [4.69, 9.17) is 0 Å². The highest BCUT2D eigenvalue weighted by Crippen LogP contribution is 2.35. The molecule has 4 rings (SSSR count). The predicted molar refractivity (Wildman–Crippen MR) is 116 cm³/mol. The van der Waals surface area contributed by atoms with E-state index in [9.17, 15) is 14.4 Å². The number of carbonyl (C=O) groups excluding carboxylic acids is 3. The quantitative estimate of drug-likeness (QED) is 0.560. The van der Waals surface area contributed by atoms with Gasteiger partial charge in [0, 0.05) is 13.0 Å². The van der Waals surface area contributed by atoms with E-state index in [0.29, 0.717) is 12.8 Å². The average Bonchev–Trinajstić information content (AvgIpc) is 3.43. The maximum Gasteiger partial charge on any atom is 0.325 e. The Labute approximate surface area is 179 Å². The molecule has 9 heteroatoms. The topological polar surface area (TPSA) is 107 Å². The van der Waals surface area contributed by atoms with Crippen molar-refractivity contribution in [3.63, 3.8) is 0 Å². The molecule has 1 aromatic carbocycles. The molecule has 4 amide bonds. The van der Waals surface area contributed by atoms with Crippen molar-refractivity contribution in [3.8, 4) is 0 Å². The summed E-state index contributed by atoms with van der Waals surface area (Å²) >= 11 is 1.70. The number of benzene rings is 1. The Morgan fingerprint density at radius 2 is 2.07 bits per heavy atom. The zero-order valence-corrected chi connectivity index (χ0v) is 17.9. The van der Waals surface area contributed by atoms with E-state index >= 15 is 0 Å². The van der Waals surface area contributed by atoms with E-state index in [-0.39, 0.29) is 36.9 Å². The van der Waals surface area contributed by atoms with Crippen LogP contribution in [0.1, 0.15) is 50.4 Å². The van der Waals surface area contributed by atoms with Gasteiger partial charge in [-0.2, -0.15) is 11.8 Å². The van der Waals surface area contributed by atoms with Gasteiger partial charge in [0.1, 0.15) is 11.4 Å². The number of para-hydroxylation sites is 2. The van der Waals surface area contributed by atoms with Crippen LogP contribution in [0.2, 0.25) is 0 Å². The highest BCUT2D eigenvalue weighted by molar-refractivity contribution is 7.98. The lowest BCUT2D eigenvalue weighted by molar-refractivity contribution is -0.131. The summed E-state index contributed by atoms with van der Waals surface area (Å²) in [4.78, 5) is 46.8. The smallest absolute Gasteiger partial charge is 0.325 e. The SMILES string of the molecule is CSCCC(NC(=O)CCN1C(=O)NC2(CCCC2)C1=O)c1nc2ccccc2[nH]1. The van der Waals surface area contributed by atoms with Crippen LogP contribution in [0.4, 0.5) is 4.79 Å². The molecule has 1 aliphatic carbocycles. The van der Waals surface area contributed by atoms with Gasteiger partial charge in [0.2, 0.25) is 5.91 Å². The number of aromatic nitrogens is 2. The first kappa shape index (κ1) is 20.7. The Morgan fingerprint density at radius 1 is 1.30 bits per heavy atom. The van der Waals surface area contributed by atoms with Gasteiger partial charge < -0.3 is 15.6 Å². The lowest BCUT2D eigenvalue weighted by Crippen LogP contribution is -2.44. The summed E-state index contributed by atoms with van der Waals surface area (Å²) in [5.41, 5.74) is 1.05. The van der Waals surface area contributed by atoms with Crippen LogP contribution in [0, 0.1) is 0 Å². The molecule has 160 valence electrons. The number of urea groups is 1. The first-order valence-electron chi connectivity index (χ1n) is 10.4. The van der Waals surface area contributed by atoms with Crippen molar-refractivity contribution in [2.24, 2.45) is 0 Å². The first-order valence-corrected chi connectivity index (χ1v) is 11.8. The molecular formula is C21H27N5O3S. The van der Waals surface area contributed by atoms with Crippen LogP contribution in [0.5, 0.6) is 0 Å². The average molecular weight is 430 g/mol. The van der Waals surface area contributed by atoms with Crippen molar-refractivity contribution in [1.82, 2.24) is 25.5 Å². The van der Waals surface area contributed by atoms with Crippen molar-refractivity contribution in [3.05, 3.63) is 30.1 Å². The number of hydrogen-bond acceptors (Lipinski definition) is 5. The second-order valence-corrected chi connectivity index (χ2v) is 8.95. The van der Waals surface area contributed by atoms with Gasteiger partial charge in [-0.25, -0.2) is 9.78 Å². The molecule has 2 aliphatic rings. The Bertz CT molecular complexity index is 920. The molecule has 2 fully saturated rings. The summed E-state index contributed by atoms with van der Waals surface area (Å²) in [5, 5.41) is 5.88. The van der Waals surface area contributed by atoms with E-state index < -0.39 is 5.54 Å². The van der Waals surface area contributed by atoms with Crippen LogP contribution in [0.3, 0.4) is 0 Å². The highest BCUT2D eigenvalue weighted by Gasteiger charge is 2.52. The monoisotopic (exact) mass is 429 g/mol. The molecular weight excluding hydrogens is 402 g/mol. The zero-order chi connectivity index (χ0) is 21.1. The fourth-order valence-electron chi connectivity index (χ4n) is 4.33. The summed E-state index contributed by atoms with van der Waals surface area (Å²) in [6.07, 6.45) is 6.08. The second kappa shape index (κ2) is 8.67. The van der Waals surface area contributed by atoms with E-state index in [2.05, 4.69) is 20.6 Å². The van der Waals surface area contributed by atoms with Gasteiger partial charge in [0.15, 0.2) is 0 Å². The molecule has 3 N–H and O–H groups in total. The molecule has 8 nitrogen and oxygen atoms in total. The molecule has 1 aliphatic heterocycles. The largest absolute Gasteiger partial charge is 0.346 e. The number of thioether (sulfide) groups is 1. The fourth-order valence-corrected chi connectivity index (χ4v) is 4.80.